The molecular formula is C33H53F4NO10. The summed E-state index contributed by atoms with van der Waals surface area (Å²) < 4.78 is 96.5. The quantitative estimate of drug-likeness (QED) is 0.0315. The van der Waals surface area contributed by atoms with E-state index < -0.39 is 40.6 Å². The number of esters is 1. The topological polar surface area (TPSA) is 120 Å². The average Bonchev–Trinajstić information content (AvgIpc) is 3.04. The maximum atomic E-state index is 13.9. The Morgan fingerprint density at radius 3 is 1.42 bits per heavy atom. The van der Waals surface area contributed by atoms with Crippen LogP contribution in [0.15, 0.2) is 0 Å². The van der Waals surface area contributed by atoms with Crippen LogP contribution >= 0.6 is 0 Å². The number of unbranched alkanes of at least 4 members (excludes halogenated alkanes) is 1. The van der Waals surface area contributed by atoms with E-state index in [-0.39, 0.29) is 32.1 Å². The van der Waals surface area contributed by atoms with E-state index in [1.807, 2.05) is 0 Å². The molecule has 0 aliphatic carbocycles. The monoisotopic (exact) mass is 699 g/mol. The van der Waals surface area contributed by atoms with Gasteiger partial charge in [-0.15, -0.1) is 0 Å². The van der Waals surface area contributed by atoms with Crippen LogP contribution in [0.25, 0.3) is 0 Å². The molecule has 1 N–H and O–H groups in total. The molecule has 0 saturated heterocycles. The molecule has 15 heteroatoms. The summed E-state index contributed by atoms with van der Waals surface area (Å²) in [5, 5.41) is 2.92. The van der Waals surface area contributed by atoms with Crippen molar-refractivity contribution in [2.75, 3.05) is 99.0 Å². The van der Waals surface area contributed by atoms with Gasteiger partial charge in [0.2, 0.25) is 17.5 Å². The number of ether oxygens (including phenoxy) is 8. The summed E-state index contributed by atoms with van der Waals surface area (Å²) in [4.78, 5) is 23.5. The van der Waals surface area contributed by atoms with E-state index in [9.17, 15) is 27.2 Å². The Morgan fingerprint density at radius 1 is 0.562 bits per heavy atom. The van der Waals surface area contributed by atoms with Crippen LogP contribution in [0.2, 0.25) is 0 Å². The molecule has 1 aromatic rings. The molecule has 0 aliphatic rings. The molecule has 0 radical (unpaired) electrons. The fraction of sp³-hybridized carbons (Fsp3) is 0.758. The fourth-order valence-corrected chi connectivity index (χ4v) is 3.82. The van der Waals surface area contributed by atoms with Crippen molar-refractivity contribution in [1.29, 1.82) is 0 Å². The lowest BCUT2D eigenvalue weighted by Crippen LogP contribution is -2.25. The van der Waals surface area contributed by atoms with Crippen molar-refractivity contribution in [2.45, 2.75) is 59.8 Å². The third-order valence-corrected chi connectivity index (χ3v) is 6.49. The third kappa shape index (κ3) is 21.5. The van der Waals surface area contributed by atoms with E-state index in [1.54, 1.807) is 0 Å². The molecule has 0 saturated carbocycles. The molecule has 0 unspecified atom stereocenters. The van der Waals surface area contributed by atoms with E-state index in [0.29, 0.717) is 91.1 Å². The van der Waals surface area contributed by atoms with Gasteiger partial charge >= 0.3 is 5.97 Å². The maximum absolute atomic E-state index is 13.9. The Kier molecular flexibility index (Phi) is 24.1. The highest BCUT2D eigenvalue weighted by molar-refractivity contribution is 5.75. The van der Waals surface area contributed by atoms with Crippen molar-refractivity contribution in [3.8, 4) is 5.75 Å². The van der Waals surface area contributed by atoms with Crippen LogP contribution in [0.5, 0.6) is 5.75 Å². The zero-order valence-electron chi connectivity index (χ0n) is 28.7. The van der Waals surface area contributed by atoms with Crippen molar-refractivity contribution in [3.63, 3.8) is 0 Å². The van der Waals surface area contributed by atoms with Crippen LogP contribution in [0.1, 0.15) is 58.4 Å². The van der Waals surface area contributed by atoms with Gasteiger partial charge in [0, 0.05) is 18.5 Å². The van der Waals surface area contributed by atoms with Crippen molar-refractivity contribution < 1.29 is 65.0 Å². The van der Waals surface area contributed by atoms with Crippen LogP contribution in [-0.4, -0.2) is 111 Å². The van der Waals surface area contributed by atoms with Gasteiger partial charge in [-0.1, -0.05) is 27.2 Å². The first-order valence-electron chi connectivity index (χ1n) is 16.3. The minimum absolute atomic E-state index is 0.00400. The van der Waals surface area contributed by atoms with Gasteiger partial charge in [0.15, 0.2) is 17.5 Å². The molecule has 1 amide bonds. The lowest BCUT2D eigenvalue weighted by molar-refractivity contribution is -0.136. The molecular weight excluding hydrogens is 646 g/mol. The Balaban J connectivity index is 1.80. The number of nitrogens with one attached hydrogen (secondary N) is 1. The van der Waals surface area contributed by atoms with E-state index >= 15 is 0 Å². The Bertz CT molecular complexity index is 1010. The van der Waals surface area contributed by atoms with Gasteiger partial charge in [0.05, 0.1) is 98.9 Å². The maximum Gasteiger partial charge on any atom is 0.313 e. The second-order valence-electron chi connectivity index (χ2n) is 11.8. The Morgan fingerprint density at radius 2 is 0.979 bits per heavy atom. The number of amides is 1. The molecule has 278 valence electrons. The highest BCUT2D eigenvalue weighted by Gasteiger charge is 2.26. The van der Waals surface area contributed by atoms with Gasteiger partial charge in [-0.05, 0) is 25.2 Å². The molecule has 0 aliphatic heterocycles. The number of carbonyl (C=O) groups excluding carboxylic acids is 2. The van der Waals surface area contributed by atoms with Gasteiger partial charge in [-0.2, -0.15) is 4.39 Å². The molecule has 0 spiro atoms. The summed E-state index contributed by atoms with van der Waals surface area (Å²) in [6.45, 7) is 12.8. The van der Waals surface area contributed by atoms with Crippen molar-refractivity contribution in [3.05, 3.63) is 28.8 Å². The summed E-state index contributed by atoms with van der Waals surface area (Å²) >= 11 is 0. The minimum Gasteiger partial charge on any atom is -0.420 e. The third-order valence-electron chi connectivity index (χ3n) is 6.49. The zero-order chi connectivity index (χ0) is 35.6. The van der Waals surface area contributed by atoms with Crippen LogP contribution in [-0.2, 0) is 42.7 Å². The predicted octanol–water partition coefficient (Wildman–Crippen LogP) is 4.69. The lowest BCUT2D eigenvalue weighted by Gasteiger charge is -2.17. The molecule has 1 aromatic carbocycles. The average molecular weight is 700 g/mol. The first kappa shape index (κ1) is 43.6. The van der Waals surface area contributed by atoms with Gasteiger partial charge < -0.3 is 43.2 Å². The number of benzene rings is 1. The van der Waals surface area contributed by atoms with Gasteiger partial charge in [0.1, 0.15) is 0 Å². The minimum atomic E-state index is -1.92. The summed E-state index contributed by atoms with van der Waals surface area (Å²) in [7, 11) is 0. The molecule has 1 rings (SSSR count). The number of halogens is 4. The second kappa shape index (κ2) is 26.5. The van der Waals surface area contributed by atoms with E-state index in [1.165, 1.54) is 0 Å². The number of rotatable bonds is 29. The van der Waals surface area contributed by atoms with Crippen molar-refractivity contribution in [2.24, 2.45) is 5.41 Å². The smallest absolute Gasteiger partial charge is 0.313 e. The van der Waals surface area contributed by atoms with Crippen LogP contribution in [0, 0.1) is 35.6 Å². The van der Waals surface area contributed by atoms with Gasteiger partial charge in [0.25, 0.3) is 0 Å². The molecule has 0 heterocycles. The molecule has 0 fully saturated rings. The van der Waals surface area contributed by atoms with Crippen LogP contribution < -0.4 is 10.1 Å². The van der Waals surface area contributed by atoms with Gasteiger partial charge in [-0.3, -0.25) is 9.59 Å². The van der Waals surface area contributed by atoms with Gasteiger partial charge in [-0.25, -0.2) is 13.2 Å². The highest BCUT2D eigenvalue weighted by atomic mass is 19.2. The van der Waals surface area contributed by atoms with Crippen LogP contribution in [0.3, 0.4) is 0 Å². The molecule has 0 atom stereocenters. The zero-order valence-corrected chi connectivity index (χ0v) is 28.7. The number of hydrogen-bond acceptors (Lipinski definition) is 10. The molecule has 0 aromatic heterocycles. The highest BCUT2D eigenvalue weighted by Crippen LogP contribution is 2.29. The fourth-order valence-electron chi connectivity index (χ4n) is 3.82. The first-order valence-corrected chi connectivity index (χ1v) is 16.3. The summed E-state index contributed by atoms with van der Waals surface area (Å²) in [5.41, 5.74) is -0.469. The Hall–Kier alpha value is -2.40. The van der Waals surface area contributed by atoms with Crippen molar-refractivity contribution in [1.82, 2.24) is 5.32 Å². The van der Waals surface area contributed by atoms with E-state index in [2.05, 4.69) is 30.8 Å². The number of carbonyl (C=O) groups is 2. The predicted molar refractivity (Wildman–Crippen MR) is 168 cm³/mol. The molecule has 11 nitrogen and oxygen atoms in total. The largest absolute Gasteiger partial charge is 0.420 e. The lowest BCUT2D eigenvalue weighted by atomic mass is 9.90. The standard InChI is InChI=1S/C33H53F4NO10/c1-25-28(34)30(36)31(37)32(29(25)35)48-27(40)8-12-42-14-16-44-18-20-46-22-24-47-23-21-45-19-17-43-15-13-41-11-7-26(39)38-10-6-5-9-33(2,3)4/h5-24H2,1-4H3,(H,38,39). The van der Waals surface area contributed by atoms with E-state index in [0.717, 1.165) is 26.2 Å². The van der Waals surface area contributed by atoms with E-state index in [4.69, 9.17) is 33.2 Å². The SMILES string of the molecule is Cc1c(F)c(F)c(F)c(OC(=O)CCOCCOCCOCCOCCOCCOCCOCCC(=O)NCCCCC(C)(C)C)c1F. The first-order chi connectivity index (χ1) is 22.9. The molecule has 48 heavy (non-hydrogen) atoms. The van der Waals surface area contributed by atoms with Crippen molar-refractivity contribution >= 4 is 11.9 Å². The second-order valence-corrected chi connectivity index (χ2v) is 11.8. The number of hydrogen-bond donors (Lipinski definition) is 1. The summed E-state index contributed by atoms with van der Waals surface area (Å²) in [6, 6.07) is 0. The molecule has 0 bridgehead atoms. The van der Waals surface area contributed by atoms with Crippen LogP contribution in [0.4, 0.5) is 17.6 Å². The normalized spacial score (nSPS) is 11.7. The Labute approximate surface area is 281 Å². The summed E-state index contributed by atoms with van der Waals surface area (Å²) in [5.74, 6) is -9.35. The summed E-state index contributed by atoms with van der Waals surface area (Å²) in [6.07, 6.45) is 3.21.